The number of rotatable bonds is 2. The minimum absolute atomic E-state index is 0.181. The van der Waals surface area contributed by atoms with Gasteiger partial charge in [-0.1, -0.05) is 0 Å². The van der Waals surface area contributed by atoms with Gasteiger partial charge in [0.1, 0.15) is 5.75 Å². The van der Waals surface area contributed by atoms with Crippen molar-refractivity contribution in [2.45, 2.75) is 6.54 Å². The summed E-state index contributed by atoms with van der Waals surface area (Å²) in [6.07, 6.45) is 0. The molecule has 1 aromatic carbocycles. The Morgan fingerprint density at radius 2 is 2.25 bits per heavy atom. The summed E-state index contributed by atoms with van der Waals surface area (Å²) in [4.78, 5) is 0. The average Bonchev–Trinajstić information content (AvgIpc) is 2.09. The number of halogens is 1. The van der Waals surface area contributed by atoms with Gasteiger partial charge in [-0.3, -0.25) is 0 Å². The predicted octanol–water partition coefficient (Wildman–Crippen LogP) is 0.999. The Kier molecular flexibility index (Phi) is 2.50. The maximum atomic E-state index is 12.7. The molecule has 3 nitrogen and oxygen atoms in total. The normalized spacial score (nSPS) is 9.92. The largest absolute Gasteiger partial charge is 0.505 e. The summed E-state index contributed by atoms with van der Waals surface area (Å²) < 4.78 is 17.6. The average molecular weight is 171 g/mol. The van der Waals surface area contributed by atoms with Crippen molar-refractivity contribution in [1.29, 1.82) is 0 Å². The number of nitrogens with two attached hydrogens (primary N) is 1. The van der Waals surface area contributed by atoms with Gasteiger partial charge in [-0.05, 0) is 6.07 Å². The fourth-order valence-electron chi connectivity index (χ4n) is 0.933. The molecule has 0 atom stereocenters. The molecule has 0 radical (unpaired) electrons. The van der Waals surface area contributed by atoms with E-state index in [0.29, 0.717) is 11.3 Å². The van der Waals surface area contributed by atoms with Crippen molar-refractivity contribution in [2.75, 3.05) is 7.11 Å². The fraction of sp³-hybridized carbons (Fsp3) is 0.250. The van der Waals surface area contributed by atoms with Crippen molar-refractivity contribution < 1.29 is 14.2 Å². The monoisotopic (exact) mass is 171 g/mol. The third kappa shape index (κ3) is 1.48. The van der Waals surface area contributed by atoms with Crippen LogP contribution in [0.1, 0.15) is 5.56 Å². The standard InChI is InChI=1S/C8H10FNO2/c1-12-8-3-7(11)6(9)2-5(8)4-10/h2-3,11H,4,10H2,1H3. The van der Waals surface area contributed by atoms with E-state index in [1.54, 1.807) is 0 Å². The zero-order valence-electron chi connectivity index (χ0n) is 6.67. The topological polar surface area (TPSA) is 55.5 Å². The quantitative estimate of drug-likeness (QED) is 0.697. The predicted molar refractivity (Wildman–Crippen MR) is 42.5 cm³/mol. The van der Waals surface area contributed by atoms with Gasteiger partial charge in [-0.15, -0.1) is 0 Å². The Morgan fingerprint density at radius 3 is 2.75 bits per heavy atom. The Bertz CT molecular complexity index is 260. The van der Waals surface area contributed by atoms with E-state index in [-0.39, 0.29) is 6.54 Å². The number of methoxy groups -OCH3 is 1. The molecule has 0 spiro atoms. The number of ether oxygens (including phenoxy) is 1. The van der Waals surface area contributed by atoms with Crippen LogP contribution in [0.3, 0.4) is 0 Å². The maximum absolute atomic E-state index is 12.7. The zero-order chi connectivity index (χ0) is 9.14. The second-order valence-electron chi connectivity index (χ2n) is 2.32. The number of phenols is 1. The van der Waals surface area contributed by atoms with Crippen molar-refractivity contribution in [3.63, 3.8) is 0 Å². The van der Waals surface area contributed by atoms with Crippen molar-refractivity contribution >= 4 is 0 Å². The number of hydrogen-bond donors (Lipinski definition) is 2. The number of hydrogen-bond acceptors (Lipinski definition) is 3. The lowest BCUT2D eigenvalue weighted by atomic mass is 10.2. The molecule has 1 aromatic rings. The van der Waals surface area contributed by atoms with E-state index in [2.05, 4.69) is 0 Å². The van der Waals surface area contributed by atoms with E-state index in [1.807, 2.05) is 0 Å². The molecule has 0 saturated heterocycles. The minimum Gasteiger partial charge on any atom is -0.505 e. The van der Waals surface area contributed by atoms with Crippen LogP contribution in [0.2, 0.25) is 0 Å². The SMILES string of the molecule is COc1cc(O)c(F)cc1CN. The molecule has 0 saturated carbocycles. The zero-order valence-corrected chi connectivity index (χ0v) is 6.67. The smallest absolute Gasteiger partial charge is 0.165 e. The van der Waals surface area contributed by atoms with Crippen molar-refractivity contribution in [1.82, 2.24) is 0 Å². The van der Waals surface area contributed by atoms with Crippen LogP contribution in [0, 0.1) is 5.82 Å². The number of aromatic hydroxyl groups is 1. The maximum Gasteiger partial charge on any atom is 0.165 e. The number of phenolic OH excluding ortho intramolecular Hbond substituents is 1. The molecule has 0 heterocycles. The van der Waals surface area contributed by atoms with Crippen LogP contribution >= 0.6 is 0 Å². The first-order valence-corrected chi connectivity index (χ1v) is 3.44. The molecule has 0 aliphatic heterocycles. The molecule has 0 unspecified atom stereocenters. The summed E-state index contributed by atoms with van der Waals surface area (Å²) in [7, 11) is 1.44. The van der Waals surface area contributed by atoms with Gasteiger partial charge in [-0.2, -0.15) is 0 Å². The molecule has 4 heteroatoms. The van der Waals surface area contributed by atoms with Crippen LogP contribution < -0.4 is 10.5 Å². The minimum atomic E-state index is -0.684. The molecule has 0 bridgehead atoms. The van der Waals surface area contributed by atoms with E-state index in [9.17, 15) is 4.39 Å². The van der Waals surface area contributed by atoms with Crippen LogP contribution in [-0.2, 0) is 6.54 Å². The molecule has 0 aromatic heterocycles. The van der Waals surface area contributed by atoms with Gasteiger partial charge in [-0.25, -0.2) is 4.39 Å². The van der Waals surface area contributed by atoms with Crippen LogP contribution in [0.4, 0.5) is 4.39 Å². The lowest BCUT2D eigenvalue weighted by molar-refractivity contribution is 0.392. The fourth-order valence-corrected chi connectivity index (χ4v) is 0.933. The highest BCUT2D eigenvalue weighted by molar-refractivity contribution is 5.40. The Balaban J connectivity index is 3.19. The molecule has 0 fully saturated rings. The van der Waals surface area contributed by atoms with Crippen LogP contribution in [-0.4, -0.2) is 12.2 Å². The molecule has 3 N–H and O–H groups in total. The van der Waals surface area contributed by atoms with E-state index >= 15 is 0 Å². The van der Waals surface area contributed by atoms with Gasteiger partial charge in [0, 0.05) is 18.2 Å². The number of benzene rings is 1. The highest BCUT2D eigenvalue weighted by Crippen LogP contribution is 2.26. The van der Waals surface area contributed by atoms with Crippen molar-refractivity contribution in [3.05, 3.63) is 23.5 Å². The van der Waals surface area contributed by atoms with Gasteiger partial charge in [0.2, 0.25) is 0 Å². The summed E-state index contributed by atoms with van der Waals surface area (Å²) in [5, 5.41) is 8.96. The summed E-state index contributed by atoms with van der Waals surface area (Å²) in [5.41, 5.74) is 5.85. The van der Waals surface area contributed by atoms with E-state index in [1.165, 1.54) is 13.2 Å². The first kappa shape index (κ1) is 8.80. The van der Waals surface area contributed by atoms with Gasteiger partial charge < -0.3 is 15.6 Å². The Labute approximate surface area is 69.6 Å². The molecule has 1 rings (SSSR count). The van der Waals surface area contributed by atoms with Crippen molar-refractivity contribution in [3.8, 4) is 11.5 Å². The van der Waals surface area contributed by atoms with E-state index in [0.717, 1.165) is 6.07 Å². The molecule has 0 amide bonds. The van der Waals surface area contributed by atoms with E-state index in [4.69, 9.17) is 15.6 Å². The van der Waals surface area contributed by atoms with Crippen molar-refractivity contribution in [2.24, 2.45) is 5.73 Å². The highest BCUT2D eigenvalue weighted by atomic mass is 19.1. The van der Waals surface area contributed by atoms with Gasteiger partial charge in [0.15, 0.2) is 11.6 Å². The van der Waals surface area contributed by atoms with Gasteiger partial charge in [0.25, 0.3) is 0 Å². The second-order valence-corrected chi connectivity index (χ2v) is 2.32. The lowest BCUT2D eigenvalue weighted by Gasteiger charge is -2.06. The summed E-state index contributed by atoms with van der Waals surface area (Å²) in [6.45, 7) is 0.181. The first-order valence-electron chi connectivity index (χ1n) is 3.44. The third-order valence-electron chi connectivity index (χ3n) is 1.57. The van der Waals surface area contributed by atoms with Crippen LogP contribution in [0.25, 0.3) is 0 Å². The highest BCUT2D eigenvalue weighted by Gasteiger charge is 2.07. The van der Waals surface area contributed by atoms with Crippen LogP contribution in [0.5, 0.6) is 11.5 Å². The summed E-state index contributed by atoms with van der Waals surface area (Å²) in [6, 6.07) is 2.37. The summed E-state index contributed by atoms with van der Waals surface area (Å²) >= 11 is 0. The Morgan fingerprint density at radius 1 is 1.58 bits per heavy atom. The molecule has 0 aliphatic carbocycles. The van der Waals surface area contributed by atoms with Gasteiger partial charge in [0.05, 0.1) is 7.11 Å². The van der Waals surface area contributed by atoms with Crippen LogP contribution in [0.15, 0.2) is 12.1 Å². The third-order valence-corrected chi connectivity index (χ3v) is 1.57. The summed E-state index contributed by atoms with van der Waals surface area (Å²) in [5.74, 6) is -0.711. The molecule has 0 aliphatic rings. The molecular formula is C8H10FNO2. The second kappa shape index (κ2) is 3.40. The van der Waals surface area contributed by atoms with Gasteiger partial charge >= 0.3 is 0 Å². The van der Waals surface area contributed by atoms with E-state index < -0.39 is 11.6 Å². The first-order chi connectivity index (χ1) is 5.69. The molecule has 66 valence electrons. The Hall–Kier alpha value is -1.29. The molecule has 12 heavy (non-hydrogen) atoms. The molecular weight excluding hydrogens is 161 g/mol. The lowest BCUT2D eigenvalue weighted by Crippen LogP contribution is -2.00.